The predicted molar refractivity (Wildman–Crippen MR) is 126 cm³/mol. The van der Waals surface area contributed by atoms with E-state index in [4.69, 9.17) is 0 Å². The van der Waals surface area contributed by atoms with Gasteiger partial charge in [0.1, 0.15) is 16.7 Å². The van der Waals surface area contributed by atoms with Gasteiger partial charge in [-0.2, -0.15) is 4.39 Å². The molecule has 0 saturated carbocycles. The van der Waals surface area contributed by atoms with Crippen molar-refractivity contribution in [2.24, 2.45) is 0 Å². The van der Waals surface area contributed by atoms with Crippen LogP contribution in [0.4, 0.5) is 20.3 Å². The lowest BCUT2D eigenvalue weighted by Crippen LogP contribution is -2.43. The number of pyridine rings is 2. The molecule has 1 aromatic carbocycles. The highest BCUT2D eigenvalue weighted by Crippen LogP contribution is 2.28. The Hall–Kier alpha value is -2.71. The maximum atomic E-state index is 13.9. The zero-order valence-electron chi connectivity index (χ0n) is 18.3. The normalized spacial score (nSPS) is 15.0. The Morgan fingerprint density at radius 2 is 1.91 bits per heavy atom. The number of piperidine rings is 1. The third kappa shape index (κ3) is 5.55. The number of halogens is 2. The minimum atomic E-state index is -0.517. The van der Waals surface area contributed by atoms with E-state index in [0.29, 0.717) is 18.4 Å². The quantitative estimate of drug-likeness (QED) is 0.386. The third-order valence-corrected chi connectivity index (χ3v) is 6.61. The number of aromatic nitrogens is 2. The Balaban J connectivity index is 1.32. The molecule has 1 aliphatic heterocycles. The summed E-state index contributed by atoms with van der Waals surface area (Å²) in [4.78, 5) is 13.0. The molecule has 0 atom stereocenters. The Bertz CT molecular complexity index is 1060. The van der Waals surface area contributed by atoms with Crippen LogP contribution in [0.2, 0.25) is 0 Å². The lowest BCUT2D eigenvalue weighted by molar-refractivity contribution is 0.201. The summed E-state index contributed by atoms with van der Waals surface area (Å²) in [6.07, 6.45) is 3.94. The van der Waals surface area contributed by atoms with Gasteiger partial charge in [0.15, 0.2) is 0 Å². The SMILES string of the molecule is Cc1cc(SNc2cccc(F)n2)ncc1N(C)C1CCN(Cc2ccccc2F)CC1. The van der Waals surface area contributed by atoms with Crippen LogP contribution in [-0.2, 0) is 6.54 Å². The smallest absolute Gasteiger partial charge is 0.214 e. The molecule has 3 heterocycles. The van der Waals surface area contributed by atoms with Crippen molar-refractivity contribution in [3.8, 4) is 0 Å². The molecule has 0 bridgehead atoms. The van der Waals surface area contributed by atoms with Crippen LogP contribution >= 0.6 is 11.9 Å². The summed E-state index contributed by atoms with van der Waals surface area (Å²) in [5, 5.41) is 0.797. The van der Waals surface area contributed by atoms with E-state index < -0.39 is 5.95 Å². The molecule has 32 heavy (non-hydrogen) atoms. The van der Waals surface area contributed by atoms with Gasteiger partial charge in [-0.25, -0.2) is 14.4 Å². The van der Waals surface area contributed by atoms with E-state index in [2.05, 4.69) is 38.5 Å². The molecule has 0 aliphatic carbocycles. The summed E-state index contributed by atoms with van der Waals surface area (Å²) in [6, 6.07) is 14.1. The van der Waals surface area contributed by atoms with Crippen molar-refractivity contribution in [1.29, 1.82) is 0 Å². The maximum absolute atomic E-state index is 13.9. The first-order valence-corrected chi connectivity index (χ1v) is 11.5. The fraction of sp³-hybridized carbons (Fsp3) is 0.333. The molecule has 168 valence electrons. The number of nitrogens with one attached hydrogen (secondary N) is 1. The van der Waals surface area contributed by atoms with E-state index in [1.54, 1.807) is 18.2 Å². The van der Waals surface area contributed by atoms with Crippen molar-refractivity contribution in [2.75, 3.05) is 29.8 Å². The van der Waals surface area contributed by atoms with Gasteiger partial charge in [-0.05, 0) is 49.6 Å². The van der Waals surface area contributed by atoms with Crippen LogP contribution in [0.5, 0.6) is 0 Å². The van der Waals surface area contributed by atoms with Gasteiger partial charge in [-0.3, -0.25) is 4.90 Å². The van der Waals surface area contributed by atoms with Crippen LogP contribution < -0.4 is 9.62 Å². The average Bonchev–Trinajstić information content (AvgIpc) is 2.79. The van der Waals surface area contributed by atoms with Gasteiger partial charge in [0.05, 0.1) is 11.9 Å². The number of likely N-dealkylation sites (tertiary alicyclic amines) is 1. The predicted octanol–water partition coefficient (Wildman–Crippen LogP) is 5.28. The standard InChI is InChI=1S/C24H27F2N5S/c1-17-14-24(32-29-23-9-5-8-22(26)28-23)27-15-21(17)30(2)19-10-12-31(13-11-19)16-18-6-3-4-7-20(18)25/h3-9,14-15,19H,10-13,16H2,1-2H3,(H,28,29). The van der Waals surface area contributed by atoms with Crippen molar-refractivity contribution in [3.63, 3.8) is 0 Å². The van der Waals surface area contributed by atoms with E-state index in [1.165, 1.54) is 24.1 Å². The highest BCUT2D eigenvalue weighted by atomic mass is 32.2. The number of benzene rings is 1. The number of aryl methyl sites for hydroxylation is 1. The number of nitrogens with zero attached hydrogens (tertiary/aromatic N) is 4. The molecule has 1 N–H and O–H groups in total. The Morgan fingerprint density at radius 1 is 1.12 bits per heavy atom. The number of hydrogen-bond acceptors (Lipinski definition) is 6. The number of hydrogen-bond donors (Lipinski definition) is 1. The summed E-state index contributed by atoms with van der Waals surface area (Å²) in [6.45, 7) is 4.61. The van der Waals surface area contributed by atoms with Gasteiger partial charge in [0.25, 0.3) is 0 Å². The zero-order chi connectivity index (χ0) is 22.5. The highest BCUT2D eigenvalue weighted by molar-refractivity contribution is 8.00. The monoisotopic (exact) mass is 455 g/mol. The molecule has 0 unspecified atom stereocenters. The lowest BCUT2D eigenvalue weighted by Gasteiger charge is -2.38. The molecule has 0 spiro atoms. The maximum Gasteiger partial charge on any atom is 0.214 e. The van der Waals surface area contributed by atoms with E-state index in [0.717, 1.165) is 47.8 Å². The Labute approximate surface area is 192 Å². The molecule has 5 nitrogen and oxygen atoms in total. The molecular weight excluding hydrogens is 428 g/mol. The van der Waals surface area contributed by atoms with Gasteiger partial charge in [0, 0.05) is 50.2 Å². The topological polar surface area (TPSA) is 44.3 Å². The van der Waals surface area contributed by atoms with Crippen molar-refractivity contribution in [3.05, 3.63) is 77.6 Å². The van der Waals surface area contributed by atoms with E-state index in [-0.39, 0.29) is 5.82 Å². The Morgan fingerprint density at radius 3 is 2.62 bits per heavy atom. The van der Waals surface area contributed by atoms with Crippen LogP contribution in [-0.4, -0.2) is 41.0 Å². The second kappa shape index (κ2) is 10.3. The van der Waals surface area contributed by atoms with Gasteiger partial charge >= 0.3 is 0 Å². The van der Waals surface area contributed by atoms with Crippen LogP contribution in [0.15, 0.2) is 59.8 Å². The molecule has 4 rings (SSSR count). The molecule has 0 amide bonds. The van der Waals surface area contributed by atoms with Crippen LogP contribution in [0.3, 0.4) is 0 Å². The van der Waals surface area contributed by atoms with Crippen molar-refractivity contribution in [1.82, 2.24) is 14.9 Å². The second-order valence-electron chi connectivity index (χ2n) is 8.07. The molecule has 1 aliphatic rings. The van der Waals surface area contributed by atoms with Gasteiger partial charge < -0.3 is 9.62 Å². The lowest BCUT2D eigenvalue weighted by atomic mass is 10.0. The minimum absolute atomic E-state index is 0.130. The molecule has 8 heteroatoms. The van der Waals surface area contributed by atoms with Crippen molar-refractivity contribution in [2.45, 2.75) is 37.4 Å². The average molecular weight is 456 g/mol. The summed E-state index contributed by atoms with van der Waals surface area (Å²) in [5.41, 5.74) is 2.99. The summed E-state index contributed by atoms with van der Waals surface area (Å²) in [7, 11) is 2.11. The fourth-order valence-electron chi connectivity index (χ4n) is 4.05. The van der Waals surface area contributed by atoms with Crippen molar-refractivity contribution >= 4 is 23.5 Å². The molecule has 2 aromatic heterocycles. The van der Waals surface area contributed by atoms with Gasteiger partial charge in [0.2, 0.25) is 5.95 Å². The van der Waals surface area contributed by atoms with Crippen LogP contribution in [0.25, 0.3) is 0 Å². The molecule has 0 radical (unpaired) electrons. The summed E-state index contributed by atoms with van der Waals surface area (Å²) in [5.74, 6) is -0.191. The molecule has 3 aromatic rings. The van der Waals surface area contributed by atoms with Crippen molar-refractivity contribution < 1.29 is 8.78 Å². The highest BCUT2D eigenvalue weighted by Gasteiger charge is 2.24. The largest absolute Gasteiger partial charge is 0.370 e. The molecule has 1 saturated heterocycles. The minimum Gasteiger partial charge on any atom is -0.370 e. The van der Waals surface area contributed by atoms with Gasteiger partial charge in [-0.15, -0.1) is 0 Å². The van der Waals surface area contributed by atoms with E-state index >= 15 is 0 Å². The number of anilines is 2. The first kappa shape index (κ1) is 22.5. The van der Waals surface area contributed by atoms with E-state index in [9.17, 15) is 8.78 Å². The zero-order valence-corrected chi connectivity index (χ0v) is 19.1. The van der Waals surface area contributed by atoms with E-state index in [1.807, 2.05) is 24.4 Å². The number of rotatable bonds is 7. The summed E-state index contributed by atoms with van der Waals surface area (Å²) < 4.78 is 30.2. The fourth-order valence-corrected chi connectivity index (χ4v) is 4.71. The second-order valence-corrected chi connectivity index (χ2v) is 8.89. The first-order valence-electron chi connectivity index (χ1n) is 10.7. The third-order valence-electron chi connectivity index (χ3n) is 5.87. The first-order chi connectivity index (χ1) is 15.5. The van der Waals surface area contributed by atoms with Crippen LogP contribution in [0, 0.1) is 18.7 Å². The van der Waals surface area contributed by atoms with Crippen LogP contribution in [0.1, 0.15) is 24.0 Å². The molecular formula is C24H27F2N5S. The van der Waals surface area contributed by atoms with Gasteiger partial charge in [-0.1, -0.05) is 24.3 Å². The Kier molecular flexibility index (Phi) is 7.22. The molecule has 1 fully saturated rings. The summed E-state index contributed by atoms with van der Waals surface area (Å²) >= 11 is 1.31.